The molecule has 178 valence electrons. The highest BCUT2D eigenvalue weighted by Gasteiger charge is 2.25. The normalized spacial score (nSPS) is 11.7. The van der Waals surface area contributed by atoms with Gasteiger partial charge in [0.25, 0.3) is 5.91 Å². The number of Topliss-reactive ketones (excluding diaryl/α,β-unsaturated/α-hetero) is 1. The van der Waals surface area contributed by atoms with E-state index >= 15 is 0 Å². The van der Waals surface area contributed by atoms with Crippen LogP contribution in [0.3, 0.4) is 0 Å². The molecule has 4 rings (SSSR count). The molecule has 1 heterocycles. The second kappa shape index (κ2) is 11.0. The predicted octanol–water partition coefficient (Wildman–Crippen LogP) is 5.15. The van der Waals surface area contributed by atoms with Crippen LogP contribution < -0.4 is 5.32 Å². The quantitative estimate of drug-likeness (QED) is 0.252. The number of H-pyrrole nitrogens is 1. The lowest BCUT2D eigenvalue weighted by atomic mass is 10.0. The summed E-state index contributed by atoms with van der Waals surface area (Å²) in [4.78, 5) is 41.6. The van der Waals surface area contributed by atoms with Gasteiger partial charge < -0.3 is 15.0 Å². The first-order valence-electron chi connectivity index (χ1n) is 11.3. The van der Waals surface area contributed by atoms with Crippen molar-refractivity contribution in [1.82, 2.24) is 10.3 Å². The highest BCUT2D eigenvalue weighted by atomic mass is 35.5. The molecule has 1 atom stereocenters. The van der Waals surface area contributed by atoms with Gasteiger partial charge in [-0.25, -0.2) is 4.79 Å². The zero-order valence-corrected chi connectivity index (χ0v) is 20.0. The molecule has 1 amide bonds. The minimum absolute atomic E-state index is 0.205. The summed E-state index contributed by atoms with van der Waals surface area (Å²) in [7, 11) is 0. The van der Waals surface area contributed by atoms with E-state index in [9.17, 15) is 14.4 Å². The lowest BCUT2D eigenvalue weighted by molar-refractivity contribution is -0.144. The first kappa shape index (κ1) is 24.2. The molecule has 4 aromatic rings. The molecule has 2 N–H and O–H groups in total. The number of esters is 1. The van der Waals surface area contributed by atoms with Gasteiger partial charge in [0.15, 0.2) is 12.4 Å². The van der Waals surface area contributed by atoms with Gasteiger partial charge in [-0.1, -0.05) is 48.9 Å². The van der Waals surface area contributed by atoms with Crippen molar-refractivity contribution >= 4 is 40.2 Å². The lowest BCUT2D eigenvalue weighted by Crippen LogP contribution is -2.43. The Bertz CT molecular complexity index is 1340. The van der Waals surface area contributed by atoms with Crippen LogP contribution in [0.25, 0.3) is 10.9 Å². The second-order valence-electron chi connectivity index (χ2n) is 8.18. The van der Waals surface area contributed by atoms with Crippen molar-refractivity contribution in [1.29, 1.82) is 0 Å². The average molecular weight is 489 g/mol. The number of carbonyl (C=O) groups is 3. The van der Waals surface area contributed by atoms with Crippen molar-refractivity contribution in [2.45, 2.75) is 25.8 Å². The molecule has 7 heteroatoms. The van der Waals surface area contributed by atoms with Crippen molar-refractivity contribution in [3.05, 3.63) is 106 Å². The van der Waals surface area contributed by atoms with Gasteiger partial charge in [0.05, 0.1) is 0 Å². The molecule has 35 heavy (non-hydrogen) atoms. The fraction of sp³-hybridized carbons (Fsp3) is 0.179. The number of ketones is 1. The Hall–Kier alpha value is -3.90. The third kappa shape index (κ3) is 5.97. The molecule has 1 aromatic heterocycles. The number of rotatable bonds is 9. The molecular formula is C28H25ClN2O4. The summed E-state index contributed by atoms with van der Waals surface area (Å²) < 4.78 is 5.34. The van der Waals surface area contributed by atoms with Gasteiger partial charge in [-0.15, -0.1) is 0 Å². The summed E-state index contributed by atoms with van der Waals surface area (Å²) in [6.07, 6.45) is 2.88. The summed E-state index contributed by atoms with van der Waals surface area (Å²) >= 11 is 5.87. The Kier molecular flexibility index (Phi) is 7.63. The largest absolute Gasteiger partial charge is 0.456 e. The monoisotopic (exact) mass is 488 g/mol. The molecule has 0 aliphatic rings. The number of halogens is 1. The van der Waals surface area contributed by atoms with Crippen LogP contribution in [-0.2, 0) is 22.4 Å². The highest BCUT2D eigenvalue weighted by Crippen LogP contribution is 2.20. The molecule has 0 unspecified atom stereocenters. The number of para-hydroxylation sites is 1. The number of ether oxygens (including phenoxy) is 1. The topological polar surface area (TPSA) is 88.3 Å². The fourth-order valence-electron chi connectivity index (χ4n) is 3.80. The van der Waals surface area contributed by atoms with Gasteiger partial charge in [0.2, 0.25) is 0 Å². The average Bonchev–Trinajstić information content (AvgIpc) is 3.30. The Morgan fingerprint density at radius 1 is 0.943 bits per heavy atom. The van der Waals surface area contributed by atoms with E-state index in [2.05, 4.69) is 10.3 Å². The number of aryl methyl sites for hydroxylation is 1. The zero-order valence-electron chi connectivity index (χ0n) is 19.2. The maximum Gasteiger partial charge on any atom is 0.329 e. The lowest BCUT2D eigenvalue weighted by Gasteiger charge is -2.18. The maximum absolute atomic E-state index is 13.0. The number of nitrogens with one attached hydrogen (secondary N) is 2. The Morgan fingerprint density at radius 3 is 2.34 bits per heavy atom. The number of carbonyl (C=O) groups excluding carboxylic acids is 3. The Morgan fingerprint density at radius 2 is 1.63 bits per heavy atom. The van der Waals surface area contributed by atoms with Crippen LogP contribution >= 0.6 is 11.6 Å². The van der Waals surface area contributed by atoms with Crippen LogP contribution in [0.1, 0.15) is 38.8 Å². The molecular weight excluding hydrogens is 464 g/mol. The van der Waals surface area contributed by atoms with E-state index in [0.29, 0.717) is 16.1 Å². The molecule has 0 aliphatic carbocycles. The summed E-state index contributed by atoms with van der Waals surface area (Å²) in [6, 6.07) is 20.3. The van der Waals surface area contributed by atoms with E-state index in [4.69, 9.17) is 16.3 Å². The maximum atomic E-state index is 13.0. The molecule has 3 aromatic carbocycles. The van der Waals surface area contributed by atoms with E-state index in [1.807, 2.05) is 49.5 Å². The molecule has 0 radical (unpaired) electrons. The summed E-state index contributed by atoms with van der Waals surface area (Å²) in [5.41, 5.74) is 3.71. The van der Waals surface area contributed by atoms with Crippen LogP contribution in [0.4, 0.5) is 0 Å². The first-order chi connectivity index (χ1) is 16.9. The molecule has 6 nitrogen and oxygen atoms in total. The van der Waals surface area contributed by atoms with E-state index in [0.717, 1.165) is 28.5 Å². The third-order valence-electron chi connectivity index (χ3n) is 5.82. The Balaban J connectivity index is 1.51. The van der Waals surface area contributed by atoms with Crippen molar-refractivity contribution in [3.63, 3.8) is 0 Å². The van der Waals surface area contributed by atoms with Crippen molar-refractivity contribution in [2.24, 2.45) is 0 Å². The van der Waals surface area contributed by atoms with Crippen molar-refractivity contribution in [2.75, 3.05) is 6.61 Å². The number of amides is 1. The second-order valence-corrected chi connectivity index (χ2v) is 8.61. The van der Waals surface area contributed by atoms with Gasteiger partial charge in [-0.2, -0.15) is 0 Å². The number of hydrogen-bond donors (Lipinski definition) is 2. The number of benzene rings is 3. The standard InChI is InChI=1S/C28H25ClN2O4/c1-2-18-7-9-20(10-8-18)27(33)31-25(15-21-16-30-24-6-4-3-5-23(21)24)28(34)35-17-26(32)19-11-13-22(29)14-12-19/h3-14,16,25,30H,2,15,17H2,1H3,(H,31,33)/t25-/m1/s1. The molecule has 0 aliphatic heterocycles. The summed E-state index contributed by atoms with van der Waals surface area (Å²) in [6.45, 7) is 1.60. The molecule has 0 bridgehead atoms. The van der Waals surface area contributed by atoms with Crippen LogP contribution in [0, 0.1) is 0 Å². The first-order valence-corrected chi connectivity index (χ1v) is 11.7. The third-order valence-corrected chi connectivity index (χ3v) is 6.08. The van der Waals surface area contributed by atoms with Crippen molar-refractivity contribution in [3.8, 4) is 0 Å². The van der Waals surface area contributed by atoms with Crippen molar-refractivity contribution < 1.29 is 19.1 Å². The van der Waals surface area contributed by atoms with Gasteiger partial charge in [0.1, 0.15) is 6.04 Å². The minimum atomic E-state index is -0.981. The smallest absolute Gasteiger partial charge is 0.329 e. The van der Waals surface area contributed by atoms with E-state index in [1.54, 1.807) is 36.4 Å². The number of hydrogen-bond acceptors (Lipinski definition) is 4. The predicted molar refractivity (Wildman–Crippen MR) is 136 cm³/mol. The number of aromatic amines is 1. The zero-order chi connectivity index (χ0) is 24.8. The van der Waals surface area contributed by atoms with Crippen LogP contribution in [0.2, 0.25) is 5.02 Å². The molecule has 0 saturated carbocycles. The van der Waals surface area contributed by atoms with E-state index in [1.165, 1.54) is 0 Å². The van der Waals surface area contributed by atoms with Gasteiger partial charge >= 0.3 is 5.97 Å². The highest BCUT2D eigenvalue weighted by molar-refractivity contribution is 6.30. The fourth-order valence-corrected chi connectivity index (χ4v) is 3.93. The van der Waals surface area contributed by atoms with Crippen LogP contribution in [-0.4, -0.2) is 35.3 Å². The van der Waals surface area contributed by atoms with E-state index in [-0.39, 0.29) is 12.2 Å². The summed E-state index contributed by atoms with van der Waals surface area (Å²) in [5.74, 6) is -1.43. The number of aromatic nitrogens is 1. The Labute approximate surface area is 208 Å². The molecule has 0 saturated heterocycles. The van der Waals surface area contributed by atoms with Crippen LogP contribution in [0.15, 0.2) is 79.0 Å². The minimum Gasteiger partial charge on any atom is -0.456 e. The van der Waals surface area contributed by atoms with Gasteiger partial charge in [-0.05, 0) is 60.0 Å². The van der Waals surface area contributed by atoms with Crippen LogP contribution in [0.5, 0.6) is 0 Å². The van der Waals surface area contributed by atoms with Gasteiger partial charge in [-0.3, -0.25) is 9.59 Å². The SMILES string of the molecule is CCc1ccc(C(=O)N[C@H](Cc2c[nH]c3ccccc23)C(=O)OCC(=O)c2ccc(Cl)cc2)cc1. The summed E-state index contributed by atoms with van der Waals surface area (Å²) in [5, 5.41) is 4.24. The molecule has 0 spiro atoms. The van der Waals surface area contributed by atoms with E-state index < -0.39 is 24.5 Å². The number of fused-ring (bicyclic) bond motifs is 1. The molecule has 0 fully saturated rings. The van der Waals surface area contributed by atoms with Gasteiger partial charge in [0, 0.05) is 39.7 Å².